The standard InChI is InChI=1S/C18H20Cl2N4O/c1-11-4-3-7-24(10-11)18(25)16-9-17(22-12(2)21-16)23-15-6-5-13(19)8-14(15)20/h5-6,8-9,11H,3-4,7,10H2,1-2H3,(H,21,22,23). The van der Waals surface area contributed by atoms with Gasteiger partial charge in [0.15, 0.2) is 0 Å². The summed E-state index contributed by atoms with van der Waals surface area (Å²) in [4.78, 5) is 23.3. The van der Waals surface area contributed by atoms with Crippen molar-refractivity contribution in [1.82, 2.24) is 14.9 Å². The summed E-state index contributed by atoms with van der Waals surface area (Å²) in [5.41, 5.74) is 1.07. The molecule has 1 aromatic carbocycles. The SMILES string of the molecule is Cc1nc(Nc2ccc(Cl)cc2Cl)cc(C(=O)N2CCCC(C)C2)n1. The molecule has 0 saturated carbocycles. The first-order chi connectivity index (χ1) is 11.9. The summed E-state index contributed by atoms with van der Waals surface area (Å²) in [6.45, 7) is 5.48. The number of aromatic nitrogens is 2. The van der Waals surface area contributed by atoms with Crippen molar-refractivity contribution in [1.29, 1.82) is 0 Å². The second kappa shape index (κ2) is 7.58. The van der Waals surface area contributed by atoms with Crippen LogP contribution in [0.3, 0.4) is 0 Å². The molecule has 1 aliphatic rings. The van der Waals surface area contributed by atoms with Gasteiger partial charge in [0.25, 0.3) is 5.91 Å². The first-order valence-electron chi connectivity index (χ1n) is 8.29. The zero-order valence-corrected chi connectivity index (χ0v) is 15.7. The van der Waals surface area contributed by atoms with Crippen LogP contribution in [0.25, 0.3) is 0 Å². The summed E-state index contributed by atoms with van der Waals surface area (Å²) in [6, 6.07) is 6.83. The Morgan fingerprint density at radius 1 is 1.28 bits per heavy atom. The van der Waals surface area contributed by atoms with Crippen molar-refractivity contribution >= 4 is 40.6 Å². The highest BCUT2D eigenvalue weighted by Gasteiger charge is 2.23. The average Bonchev–Trinajstić information content (AvgIpc) is 2.56. The van der Waals surface area contributed by atoms with E-state index in [0.717, 1.165) is 25.9 Å². The van der Waals surface area contributed by atoms with Gasteiger partial charge in [0.2, 0.25) is 0 Å². The number of hydrogen-bond acceptors (Lipinski definition) is 4. The summed E-state index contributed by atoms with van der Waals surface area (Å²) in [5, 5.41) is 4.18. The van der Waals surface area contributed by atoms with Crippen LogP contribution in [0.1, 0.15) is 36.1 Å². The van der Waals surface area contributed by atoms with Gasteiger partial charge in [-0.05, 0) is 43.9 Å². The Labute approximate surface area is 157 Å². The lowest BCUT2D eigenvalue weighted by Gasteiger charge is -2.30. The van der Waals surface area contributed by atoms with Crippen LogP contribution in [0.4, 0.5) is 11.5 Å². The number of nitrogens with one attached hydrogen (secondary N) is 1. The largest absolute Gasteiger partial charge is 0.339 e. The molecule has 1 fully saturated rings. The van der Waals surface area contributed by atoms with Crippen LogP contribution in [0.2, 0.25) is 10.0 Å². The summed E-state index contributed by atoms with van der Waals surface area (Å²) in [6.07, 6.45) is 2.19. The zero-order chi connectivity index (χ0) is 18.0. The molecular weight excluding hydrogens is 359 g/mol. The Hall–Kier alpha value is -1.85. The molecule has 1 unspecified atom stereocenters. The molecule has 1 atom stereocenters. The molecule has 1 saturated heterocycles. The normalized spacial score (nSPS) is 17.4. The van der Waals surface area contributed by atoms with Crippen molar-refractivity contribution in [2.75, 3.05) is 18.4 Å². The lowest BCUT2D eigenvalue weighted by molar-refractivity contribution is 0.0676. The molecule has 1 aliphatic heterocycles. The summed E-state index contributed by atoms with van der Waals surface area (Å²) in [5.74, 6) is 1.53. The molecule has 0 spiro atoms. The van der Waals surface area contributed by atoms with E-state index < -0.39 is 0 Å². The number of piperidine rings is 1. The minimum Gasteiger partial charge on any atom is -0.339 e. The van der Waals surface area contributed by atoms with Crippen LogP contribution in [-0.2, 0) is 0 Å². The van der Waals surface area contributed by atoms with Gasteiger partial charge in [0.1, 0.15) is 17.3 Å². The highest BCUT2D eigenvalue weighted by atomic mass is 35.5. The Morgan fingerprint density at radius 2 is 2.08 bits per heavy atom. The highest BCUT2D eigenvalue weighted by molar-refractivity contribution is 6.36. The first-order valence-corrected chi connectivity index (χ1v) is 9.05. The van der Waals surface area contributed by atoms with Gasteiger partial charge in [0.05, 0.1) is 10.7 Å². The van der Waals surface area contributed by atoms with Crippen LogP contribution >= 0.6 is 23.2 Å². The topological polar surface area (TPSA) is 58.1 Å². The second-order valence-electron chi connectivity index (χ2n) is 6.43. The van der Waals surface area contributed by atoms with Crippen LogP contribution in [-0.4, -0.2) is 33.9 Å². The first kappa shape index (κ1) is 18.0. The van der Waals surface area contributed by atoms with Crippen LogP contribution in [0.15, 0.2) is 24.3 Å². The van der Waals surface area contributed by atoms with Gasteiger partial charge in [-0.2, -0.15) is 0 Å². The molecule has 2 aromatic rings. The molecule has 1 amide bonds. The van der Waals surface area contributed by atoms with Crippen molar-refractivity contribution in [2.24, 2.45) is 5.92 Å². The molecule has 0 aliphatic carbocycles. The fourth-order valence-electron chi connectivity index (χ4n) is 3.01. The predicted octanol–water partition coefficient (Wildman–Crippen LogP) is 4.71. The molecule has 25 heavy (non-hydrogen) atoms. The number of amides is 1. The van der Waals surface area contributed by atoms with Gasteiger partial charge in [-0.3, -0.25) is 4.79 Å². The third kappa shape index (κ3) is 4.41. The third-order valence-corrected chi connectivity index (χ3v) is 4.74. The monoisotopic (exact) mass is 378 g/mol. The van der Waals surface area contributed by atoms with E-state index in [2.05, 4.69) is 22.2 Å². The van der Waals surface area contributed by atoms with Crippen LogP contribution in [0.5, 0.6) is 0 Å². The molecule has 0 bridgehead atoms. The zero-order valence-electron chi connectivity index (χ0n) is 14.2. The molecule has 7 heteroatoms. The molecule has 1 aromatic heterocycles. The maximum absolute atomic E-state index is 12.8. The molecule has 1 N–H and O–H groups in total. The molecule has 132 valence electrons. The van der Waals surface area contributed by atoms with E-state index in [4.69, 9.17) is 23.2 Å². The number of carbonyl (C=O) groups excluding carboxylic acids is 1. The Kier molecular flexibility index (Phi) is 5.45. The van der Waals surface area contributed by atoms with Crippen molar-refractivity contribution < 1.29 is 4.79 Å². The molecular formula is C18H20Cl2N4O. The molecule has 3 rings (SSSR count). The van der Waals surface area contributed by atoms with Gasteiger partial charge in [0, 0.05) is 24.2 Å². The van der Waals surface area contributed by atoms with E-state index in [-0.39, 0.29) is 5.91 Å². The fourth-order valence-corrected chi connectivity index (χ4v) is 3.46. The van der Waals surface area contributed by atoms with E-state index in [1.165, 1.54) is 0 Å². The Bertz CT molecular complexity index is 797. The van der Waals surface area contributed by atoms with Crippen LogP contribution in [0, 0.1) is 12.8 Å². The molecule has 5 nitrogen and oxygen atoms in total. The quantitative estimate of drug-likeness (QED) is 0.839. The fraction of sp³-hybridized carbons (Fsp3) is 0.389. The number of nitrogens with zero attached hydrogens (tertiary/aromatic N) is 3. The molecule has 0 radical (unpaired) electrons. The minimum absolute atomic E-state index is 0.0534. The number of carbonyl (C=O) groups is 1. The number of hydrogen-bond donors (Lipinski definition) is 1. The third-order valence-electron chi connectivity index (χ3n) is 4.20. The van der Waals surface area contributed by atoms with E-state index in [9.17, 15) is 4.79 Å². The highest BCUT2D eigenvalue weighted by Crippen LogP contribution is 2.28. The summed E-state index contributed by atoms with van der Waals surface area (Å²) in [7, 11) is 0. The van der Waals surface area contributed by atoms with E-state index in [1.54, 1.807) is 31.2 Å². The second-order valence-corrected chi connectivity index (χ2v) is 7.28. The van der Waals surface area contributed by atoms with Crippen molar-refractivity contribution in [3.05, 3.63) is 45.8 Å². The summed E-state index contributed by atoms with van der Waals surface area (Å²) < 4.78 is 0. The minimum atomic E-state index is -0.0534. The van der Waals surface area contributed by atoms with E-state index in [0.29, 0.717) is 39.0 Å². The van der Waals surface area contributed by atoms with Gasteiger partial charge < -0.3 is 10.2 Å². The van der Waals surface area contributed by atoms with Gasteiger partial charge in [-0.1, -0.05) is 30.1 Å². The number of benzene rings is 1. The lowest BCUT2D eigenvalue weighted by Crippen LogP contribution is -2.39. The van der Waals surface area contributed by atoms with Crippen molar-refractivity contribution in [3.8, 4) is 0 Å². The number of rotatable bonds is 3. The maximum atomic E-state index is 12.8. The number of halogens is 2. The van der Waals surface area contributed by atoms with Crippen LogP contribution < -0.4 is 5.32 Å². The van der Waals surface area contributed by atoms with Gasteiger partial charge in [-0.25, -0.2) is 9.97 Å². The predicted molar refractivity (Wildman–Crippen MR) is 101 cm³/mol. The van der Waals surface area contributed by atoms with E-state index >= 15 is 0 Å². The van der Waals surface area contributed by atoms with Crippen molar-refractivity contribution in [2.45, 2.75) is 26.7 Å². The van der Waals surface area contributed by atoms with Gasteiger partial charge >= 0.3 is 0 Å². The number of aryl methyl sites for hydroxylation is 1. The molecule has 2 heterocycles. The lowest BCUT2D eigenvalue weighted by atomic mass is 10.00. The Morgan fingerprint density at radius 3 is 2.80 bits per heavy atom. The van der Waals surface area contributed by atoms with E-state index in [1.807, 2.05) is 4.90 Å². The smallest absolute Gasteiger partial charge is 0.272 e. The van der Waals surface area contributed by atoms with Gasteiger partial charge in [-0.15, -0.1) is 0 Å². The average molecular weight is 379 g/mol. The van der Waals surface area contributed by atoms with Crippen molar-refractivity contribution in [3.63, 3.8) is 0 Å². The maximum Gasteiger partial charge on any atom is 0.272 e. The number of anilines is 2. The Balaban J connectivity index is 1.83. The number of likely N-dealkylation sites (tertiary alicyclic amines) is 1. The summed E-state index contributed by atoms with van der Waals surface area (Å²) >= 11 is 12.1.